The van der Waals surface area contributed by atoms with E-state index in [4.69, 9.17) is 4.74 Å². The fraction of sp³-hybridized carbons (Fsp3) is 0.667. The van der Waals surface area contributed by atoms with Crippen LogP contribution in [-0.4, -0.2) is 54.5 Å². The molecule has 2 aliphatic rings. The SMILES string of the molecule is COCCN1C(=O)CN(C2CCC(C)CC2)C(=O)C1c1cccs1. The summed E-state index contributed by atoms with van der Waals surface area (Å²) in [7, 11) is 1.62. The second kappa shape index (κ2) is 7.66. The molecule has 1 saturated heterocycles. The summed E-state index contributed by atoms with van der Waals surface area (Å²) >= 11 is 1.54. The molecule has 0 N–H and O–H groups in total. The van der Waals surface area contributed by atoms with Crippen molar-refractivity contribution in [1.29, 1.82) is 0 Å². The smallest absolute Gasteiger partial charge is 0.251 e. The zero-order chi connectivity index (χ0) is 17.1. The van der Waals surface area contributed by atoms with Crippen molar-refractivity contribution in [2.45, 2.75) is 44.7 Å². The molecule has 0 spiro atoms. The first kappa shape index (κ1) is 17.4. The van der Waals surface area contributed by atoms with Crippen LogP contribution in [0.1, 0.15) is 43.5 Å². The fourth-order valence-corrected chi connectivity index (χ4v) is 4.61. The van der Waals surface area contributed by atoms with Gasteiger partial charge >= 0.3 is 0 Å². The minimum atomic E-state index is -0.485. The van der Waals surface area contributed by atoms with Gasteiger partial charge in [-0.25, -0.2) is 0 Å². The van der Waals surface area contributed by atoms with Crippen LogP contribution < -0.4 is 0 Å². The van der Waals surface area contributed by atoms with Gasteiger partial charge in [-0.2, -0.15) is 0 Å². The van der Waals surface area contributed by atoms with Gasteiger partial charge in [0.05, 0.1) is 6.61 Å². The number of rotatable bonds is 5. The maximum Gasteiger partial charge on any atom is 0.251 e. The van der Waals surface area contributed by atoms with Gasteiger partial charge in [0.15, 0.2) is 0 Å². The van der Waals surface area contributed by atoms with E-state index in [0.29, 0.717) is 13.2 Å². The Kier molecular flexibility index (Phi) is 5.56. The van der Waals surface area contributed by atoms with Gasteiger partial charge in [-0.1, -0.05) is 13.0 Å². The van der Waals surface area contributed by atoms with Gasteiger partial charge in [0, 0.05) is 24.6 Å². The predicted molar refractivity (Wildman–Crippen MR) is 93.8 cm³/mol. The highest BCUT2D eigenvalue weighted by molar-refractivity contribution is 7.10. The van der Waals surface area contributed by atoms with Crippen LogP contribution in [0.15, 0.2) is 17.5 Å². The van der Waals surface area contributed by atoms with Gasteiger partial charge in [0.1, 0.15) is 12.6 Å². The number of carbonyl (C=O) groups excluding carboxylic acids is 2. The first-order valence-corrected chi connectivity index (χ1v) is 9.62. The maximum atomic E-state index is 13.2. The zero-order valence-corrected chi connectivity index (χ0v) is 15.3. The molecule has 6 heteroatoms. The molecule has 2 amide bonds. The summed E-state index contributed by atoms with van der Waals surface area (Å²) in [6.45, 7) is 3.38. The summed E-state index contributed by atoms with van der Waals surface area (Å²) in [6.07, 6.45) is 4.30. The van der Waals surface area contributed by atoms with Crippen LogP contribution in [-0.2, 0) is 14.3 Å². The number of thiophene rings is 1. The van der Waals surface area contributed by atoms with E-state index in [2.05, 4.69) is 6.92 Å². The normalized spacial score (nSPS) is 28.5. The first-order valence-electron chi connectivity index (χ1n) is 8.74. The second-order valence-corrected chi connectivity index (χ2v) is 7.86. The van der Waals surface area contributed by atoms with Gasteiger partial charge in [0.25, 0.3) is 5.91 Å². The molecule has 1 aliphatic heterocycles. The molecule has 3 rings (SSSR count). The molecule has 5 nitrogen and oxygen atoms in total. The van der Waals surface area contributed by atoms with Crippen molar-refractivity contribution in [3.8, 4) is 0 Å². The maximum absolute atomic E-state index is 13.2. The molecule has 1 aromatic rings. The topological polar surface area (TPSA) is 49.9 Å². The number of amides is 2. The zero-order valence-electron chi connectivity index (χ0n) is 14.4. The Morgan fingerprint density at radius 1 is 1.25 bits per heavy atom. The number of methoxy groups -OCH3 is 1. The van der Waals surface area contributed by atoms with Gasteiger partial charge < -0.3 is 14.5 Å². The summed E-state index contributed by atoms with van der Waals surface area (Å²) in [6, 6.07) is 3.62. The van der Waals surface area contributed by atoms with Crippen LogP contribution in [0.5, 0.6) is 0 Å². The monoisotopic (exact) mass is 350 g/mol. The van der Waals surface area contributed by atoms with Crippen LogP contribution in [0.2, 0.25) is 0 Å². The fourth-order valence-electron chi connectivity index (χ4n) is 3.78. The summed E-state index contributed by atoms with van der Waals surface area (Å²) in [5.41, 5.74) is 0. The highest BCUT2D eigenvalue weighted by atomic mass is 32.1. The minimum Gasteiger partial charge on any atom is -0.383 e. The third-order valence-corrected chi connectivity index (χ3v) is 6.15. The van der Waals surface area contributed by atoms with Crippen LogP contribution in [0.3, 0.4) is 0 Å². The van der Waals surface area contributed by atoms with E-state index in [1.807, 2.05) is 22.4 Å². The van der Waals surface area contributed by atoms with Crippen molar-refractivity contribution in [2.24, 2.45) is 5.92 Å². The molecule has 1 aliphatic carbocycles. The summed E-state index contributed by atoms with van der Waals surface area (Å²) in [5.74, 6) is 0.833. The lowest BCUT2D eigenvalue weighted by molar-refractivity contribution is -0.159. The second-order valence-electron chi connectivity index (χ2n) is 6.88. The van der Waals surface area contributed by atoms with Crippen LogP contribution in [0, 0.1) is 5.92 Å². The molecule has 0 radical (unpaired) electrons. The minimum absolute atomic E-state index is 0.0312. The first-order chi connectivity index (χ1) is 11.6. The van der Waals surface area contributed by atoms with Crippen LogP contribution in [0.4, 0.5) is 0 Å². The average Bonchev–Trinajstić information content (AvgIpc) is 3.10. The Bertz CT molecular complexity index is 567. The molecule has 2 fully saturated rings. The lowest BCUT2D eigenvalue weighted by Gasteiger charge is -2.44. The van der Waals surface area contributed by atoms with Crippen molar-refractivity contribution >= 4 is 23.2 Å². The molecule has 24 heavy (non-hydrogen) atoms. The van der Waals surface area contributed by atoms with Gasteiger partial charge in [0.2, 0.25) is 5.91 Å². The Balaban J connectivity index is 1.82. The molecule has 0 aromatic carbocycles. The van der Waals surface area contributed by atoms with Gasteiger partial charge in [-0.05, 0) is 43.0 Å². The van der Waals surface area contributed by atoms with Crippen molar-refractivity contribution in [3.63, 3.8) is 0 Å². The Labute approximate surface area is 147 Å². The summed E-state index contributed by atoms with van der Waals surface area (Å²) < 4.78 is 5.13. The third-order valence-electron chi connectivity index (χ3n) is 5.23. The average molecular weight is 350 g/mol. The van der Waals surface area contributed by atoms with E-state index in [0.717, 1.165) is 36.5 Å². The molecular weight excluding hydrogens is 324 g/mol. The van der Waals surface area contributed by atoms with Crippen molar-refractivity contribution in [1.82, 2.24) is 9.80 Å². The van der Waals surface area contributed by atoms with Crippen LogP contribution in [0.25, 0.3) is 0 Å². The Morgan fingerprint density at radius 2 is 2.00 bits per heavy atom. The van der Waals surface area contributed by atoms with Gasteiger partial charge in [-0.15, -0.1) is 11.3 Å². The van der Waals surface area contributed by atoms with E-state index in [1.54, 1.807) is 12.0 Å². The molecule has 1 aromatic heterocycles. The van der Waals surface area contributed by atoms with Crippen molar-refractivity contribution < 1.29 is 14.3 Å². The number of ether oxygens (including phenoxy) is 1. The summed E-state index contributed by atoms with van der Waals surface area (Å²) in [5, 5.41) is 1.96. The predicted octanol–water partition coefficient (Wildman–Crippen LogP) is 2.69. The van der Waals surface area contributed by atoms with Gasteiger partial charge in [-0.3, -0.25) is 9.59 Å². The lowest BCUT2D eigenvalue weighted by atomic mass is 9.86. The molecule has 1 atom stereocenters. The quantitative estimate of drug-likeness (QED) is 0.820. The molecule has 132 valence electrons. The highest BCUT2D eigenvalue weighted by Gasteiger charge is 2.43. The van der Waals surface area contributed by atoms with Crippen molar-refractivity contribution in [2.75, 3.05) is 26.8 Å². The number of hydrogen-bond acceptors (Lipinski definition) is 4. The van der Waals surface area contributed by atoms with Crippen LogP contribution >= 0.6 is 11.3 Å². The Morgan fingerprint density at radius 3 is 2.62 bits per heavy atom. The number of piperazine rings is 1. The number of carbonyl (C=O) groups is 2. The van der Waals surface area contributed by atoms with E-state index >= 15 is 0 Å². The van der Waals surface area contributed by atoms with Crippen molar-refractivity contribution in [3.05, 3.63) is 22.4 Å². The Hall–Kier alpha value is -1.40. The van der Waals surface area contributed by atoms with E-state index < -0.39 is 6.04 Å². The van der Waals surface area contributed by atoms with E-state index in [1.165, 1.54) is 11.3 Å². The number of nitrogens with zero attached hydrogens (tertiary/aromatic N) is 2. The van der Waals surface area contributed by atoms with E-state index in [9.17, 15) is 9.59 Å². The molecular formula is C18H26N2O3S. The largest absolute Gasteiger partial charge is 0.383 e. The molecule has 1 saturated carbocycles. The highest BCUT2D eigenvalue weighted by Crippen LogP contribution is 2.35. The standard InChI is InChI=1S/C18H26N2O3S/c1-13-5-7-14(8-6-13)20-12-16(21)19(9-10-23-2)17(18(20)22)15-4-3-11-24-15/h3-4,11,13-14,17H,5-10,12H2,1-2H3. The third kappa shape index (κ3) is 3.49. The lowest BCUT2D eigenvalue weighted by Crippen LogP contribution is -2.59. The van der Waals surface area contributed by atoms with E-state index in [-0.39, 0.29) is 24.4 Å². The molecule has 0 bridgehead atoms. The molecule has 2 heterocycles. The summed E-state index contributed by atoms with van der Waals surface area (Å²) in [4.78, 5) is 30.5. The molecule has 1 unspecified atom stereocenters. The number of hydrogen-bond donors (Lipinski definition) is 0.